The highest BCUT2D eigenvalue weighted by Gasteiger charge is 2.45. The van der Waals surface area contributed by atoms with Crippen LogP contribution < -0.4 is 5.32 Å². The molecule has 3 unspecified atom stereocenters. The van der Waals surface area contributed by atoms with Gasteiger partial charge in [0, 0.05) is 24.5 Å². The van der Waals surface area contributed by atoms with Crippen molar-refractivity contribution in [3.8, 4) is 0 Å². The van der Waals surface area contributed by atoms with Crippen LogP contribution in [-0.2, 0) is 9.59 Å². The fraction of sp³-hybridized carbons (Fsp3) is 0.867. The molecule has 1 saturated carbocycles. The Bertz CT molecular complexity index is 394. The number of carbonyl (C=O) groups is 2. The summed E-state index contributed by atoms with van der Waals surface area (Å²) in [6.07, 6.45) is 6.61. The van der Waals surface area contributed by atoms with Crippen LogP contribution in [0.5, 0.6) is 0 Å². The second-order valence-corrected chi connectivity index (χ2v) is 6.73. The Labute approximate surface area is 119 Å². The molecule has 2 saturated heterocycles. The Morgan fingerprint density at radius 3 is 2.30 bits per heavy atom. The van der Waals surface area contributed by atoms with Crippen molar-refractivity contribution in [3.63, 3.8) is 0 Å². The molecule has 1 aliphatic carbocycles. The van der Waals surface area contributed by atoms with Crippen LogP contribution in [0, 0.1) is 5.92 Å². The summed E-state index contributed by atoms with van der Waals surface area (Å²) in [5, 5.41) is 12.0. The van der Waals surface area contributed by atoms with E-state index < -0.39 is 5.97 Å². The molecule has 0 aromatic rings. The van der Waals surface area contributed by atoms with E-state index >= 15 is 0 Å². The Morgan fingerprint density at radius 2 is 1.80 bits per heavy atom. The highest BCUT2D eigenvalue weighted by Crippen LogP contribution is 2.41. The van der Waals surface area contributed by atoms with E-state index in [0.29, 0.717) is 24.0 Å². The van der Waals surface area contributed by atoms with E-state index in [1.165, 1.54) is 0 Å². The molecule has 1 amide bonds. The van der Waals surface area contributed by atoms with Crippen LogP contribution in [0.2, 0.25) is 0 Å². The van der Waals surface area contributed by atoms with Crippen molar-refractivity contribution in [2.75, 3.05) is 0 Å². The second-order valence-electron chi connectivity index (χ2n) is 6.73. The van der Waals surface area contributed by atoms with Gasteiger partial charge in [-0.3, -0.25) is 14.5 Å². The molecular formula is C15H24N2O3. The molecule has 0 radical (unpaired) electrons. The number of nitrogens with one attached hydrogen (secondary N) is 1. The molecule has 112 valence electrons. The van der Waals surface area contributed by atoms with Crippen LogP contribution in [-0.4, -0.2) is 46.1 Å². The predicted molar refractivity (Wildman–Crippen MR) is 74.3 cm³/mol. The lowest BCUT2D eigenvalue weighted by Gasteiger charge is -2.41. The van der Waals surface area contributed by atoms with Crippen LogP contribution in [0.15, 0.2) is 0 Å². The molecule has 0 spiro atoms. The van der Waals surface area contributed by atoms with Gasteiger partial charge in [0.2, 0.25) is 5.91 Å². The molecule has 2 heterocycles. The summed E-state index contributed by atoms with van der Waals surface area (Å²) in [5.74, 6) is -0.247. The van der Waals surface area contributed by atoms with Gasteiger partial charge in [-0.05, 0) is 51.4 Å². The molecule has 3 aliphatic rings. The van der Waals surface area contributed by atoms with E-state index in [0.717, 1.165) is 38.5 Å². The normalized spacial score (nSPS) is 34.8. The Hall–Kier alpha value is -1.10. The van der Waals surface area contributed by atoms with Crippen LogP contribution in [0.3, 0.4) is 0 Å². The fourth-order valence-corrected chi connectivity index (χ4v) is 4.06. The number of amides is 1. The molecule has 2 bridgehead atoms. The first-order valence-corrected chi connectivity index (χ1v) is 7.84. The molecule has 3 fully saturated rings. The van der Waals surface area contributed by atoms with Crippen molar-refractivity contribution in [2.45, 2.75) is 76.0 Å². The van der Waals surface area contributed by atoms with Crippen molar-refractivity contribution < 1.29 is 14.7 Å². The summed E-state index contributed by atoms with van der Waals surface area (Å²) in [4.78, 5) is 25.5. The lowest BCUT2D eigenvalue weighted by molar-refractivity contribution is -0.139. The van der Waals surface area contributed by atoms with Gasteiger partial charge in [0.05, 0.1) is 6.04 Å². The van der Waals surface area contributed by atoms with Gasteiger partial charge in [-0.25, -0.2) is 0 Å². The van der Waals surface area contributed by atoms with Gasteiger partial charge in [-0.15, -0.1) is 0 Å². The van der Waals surface area contributed by atoms with Gasteiger partial charge in [0.1, 0.15) is 0 Å². The van der Waals surface area contributed by atoms with Crippen molar-refractivity contribution >= 4 is 11.9 Å². The summed E-state index contributed by atoms with van der Waals surface area (Å²) in [6, 6.07) is 1.14. The van der Waals surface area contributed by atoms with E-state index in [2.05, 4.69) is 10.2 Å². The van der Waals surface area contributed by atoms with Gasteiger partial charge in [-0.1, -0.05) is 0 Å². The summed E-state index contributed by atoms with van der Waals surface area (Å²) < 4.78 is 0. The maximum absolute atomic E-state index is 12.2. The Kier molecular flexibility index (Phi) is 3.71. The zero-order valence-electron chi connectivity index (χ0n) is 12.0. The topological polar surface area (TPSA) is 69.6 Å². The first kappa shape index (κ1) is 13.9. The number of carboxylic acid groups (broad SMARTS) is 1. The zero-order chi connectivity index (χ0) is 14.3. The quantitative estimate of drug-likeness (QED) is 0.798. The molecule has 0 aromatic carbocycles. The number of fused-ring (bicyclic) bond motifs is 2. The molecule has 5 nitrogen and oxygen atoms in total. The van der Waals surface area contributed by atoms with E-state index in [4.69, 9.17) is 5.11 Å². The number of carbonyl (C=O) groups excluding carboxylic acids is 1. The SMILES string of the molecule is CC(C(=O)NC1CC1)N1C2CCC1CC(CC(=O)O)C2. The van der Waals surface area contributed by atoms with Crippen molar-refractivity contribution in [2.24, 2.45) is 5.92 Å². The number of nitrogens with zero attached hydrogens (tertiary/aromatic N) is 1. The number of hydrogen-bond donors (Lipinski definition) is 2. The van der Waals surface area contributed by atoms with Crippen LogP contribution in [0.1, 0.15) is 51.9 Å². The smallest absolute Gasteiger partial charge is 0.303 e. The monoisotopic (exact) mass is 280 g/mol. The standard InChI is InChI=1S/C15H24N2O3/c1-9(15(20)16-11-2-3-11)17-12-4-5-13(17)7-10(6-12)8-14(18)19/h9-13H,2-8H2,1H3,(H,16,20)(H,18,19). The minimum Gasteiger partial charge on any atom is -0.481 e. The summed E-state index contributed by atoms with van der Waals surface area (Å²) in [7, 11) is 0. The average Bonchev–Trinajstić information content (AvgIpc) is 3.13. The maximum Gasteiger partial charge on any atom is 0.303 e. The minimum atomic E-state index is -0.692. The molecule has 20 heavy (non-hydrogen) atoms. The molecule has 5 heteroatoms. The summed E-state index contributed by atoms with van der Waals surface area (Å²) >= 11 is 0. The molecule has 0 aromatic heterocycles. The van der Waals surface area contributed by atoms with Crippen molar-refractivity contribution in [1.82, 2.24) is 10.2 Å². The van der Waals surface area contributed by atoms with E-state index in [1.54, 1.807) is 0 Å². The Morgan fingerprint density at radius 1 is 1.20 bits per heavy atom. The fourth-order valence-electron chi connectivity index (χ4n) is 4.06. The van der Waals surface area contributed by atoms with E-state index in [1.807, 2.05) is 6.92 Å². The lowest BCUT2D eigenvalue weighted by atomic mass is 9.87. The molecule has 3 rings (SSSR count). The second kappa shape index (κ2) is 5.35. The zero-order valence-corrected chi connectivity index (χ0v) is 12.0. The first-order chi connectivity index (χ1) is 9.54. The highest BCUT2D eigenvalue weighted by molar-refractivity contribution is 5.82. The third-order valence-electron chi connectivity index (χ3n) is 5.10. The number of aliphatic carboxylic acids is 1. The minimum absolute atomic E-state index is 0.0705. The molecule has 2 N–H and O–H groups in total. The molecular weight excluding hydrogens is 256 g/mol. The number of carboxylic acids is 1. The van der Waals surface area contributed by atoms with E-state index in [-0.39, 0.29) is 18.4 Å². The van der Waals surface area contributed by atoms with Gasteiger partial charge in [0.25, 0.3) is 0 Å². The molecule has 3 atom stereocenters. The summed E-state index contributed by atoms with van der Waals surface area (Å²) in [6.45, 7) is 2.00. The largest absolute Gasteiger partial charge is 0.481 e. The highest BCUT2D eigenvalue weighted by atomic mass is 16.4. The molecule has 2 aliphatic heterocycles. The third kappa shape index (κ3) is 2.82. The van der Waals surface area contributed by atoms with Crippen LogP contribution in [0.4, 0.5) is 0 Å². The third-order valence-corrected chi connectivity index (χ3v) is 5.10. The Balaban J connectivity index is 1.60. The van der Waals surface area contributed by atoms with Crippen LogP contribution in [0.25, 0.3) is 0 Å². The lowest BCUT2D eigenvalue weighted by Crippen LogP contribution is -2.53. The number of piperidine rings is 1. The van der Waals surface area contributed by atoms with Gasteiger partial charge >= 0.3 is 5.97 Å². The van der Waals surface area contributed by atoms with Crippen molar-refractivity contribution in [1.29, 1.82) is 0 Å². The predicted octanol–water partition coefficient (Wildman–Crippen LogP) is 1.37. The van der Waals surface area contributed by atoms with Crippen LogP contribution >= 0.6 is 0 Å². The number of rotatable bonds is 5. The number of hydrogen-bond acceptors (Lipinski definition) is 3. The van der Waals surface area contributed by atoms with Gasteiger partial charge in [-0.2, -0.15) is 0 Å². The average molecular weight is 280 g/mol. The van der Waals surface area contributed by atoms with Crippen molar-refractivity contribution in [3.05, 3.63) is 0 Å². The maximum atomic E-state index is 12.2. The van der Waals surface area contributed by atoms with E-state index in [9.17, 15) is 9.59 Å². The summed E-state index contributed by atoms with van der Waals surface area (Å²) in [5.41, 5.74) is 0. The first-order valence-electron chi connectivity index (χ1n) is 7.84. The van der Waals surface area contributed by atoms with Gasteiger partial charge in [0.15, 0.2) is 0 Å². The van der Waals surface area contributed by atoms with Gasteiger partial charge < -0.3 is 10.4 Å².